The van der Waals surface area contributed by atoms with Crippen LogP contribution in [0.3, 0.4) is 0 Å². The molecule has 230 valence electrons. The number of rotatable bonds is 7. The van der Waals surface area contributed by atoms with Gasteiger partial charge in [-0.3, -0.25) is 0 Å². The first-order chi connectivity index (χ1) is 22.8. The highest BCUT2D eigenvalue weighted by atomic mass is 15.1. The Kier molecular flexibility index (Phi) is 7.87. The standard InChI is InChI=1S/C45H40N2/c1-6-12-32(2)33-17-24-38(25-18-33)46(39-26-19-35(20-27-39)34-13-8-7-9-14-34)40-28-21-36(22-29-40)37-23-30-44-42(31-37)41-15-10-11-16-43(41)47(44)45(3,4)5/h6-31H,1H2,2-5H3/b32-12+. The van der Waals surface area contributed by atoms with Gasteiger partial charge in [-0.1, -0.05) is 110 Å². The molecule has 0 aliphatic heterocycles. The van der Waals surface area contributed by atoms with Crippen molar-refractivity contribution in [3.8, 4) is 22.3 Å². The Hall–Kier alpha value is -5.60. The van der Waals surface area contributed by atoms with Crippen molar-refractivity contribution in [2.24, 2.45) is 0 Å². The normalized spacial score (nSPS) is 12.0. The molecule has 1 heterocycles. The lowest BCUT2D eigenvalue weighted by Crippen LogP contribution is -2.21. The van der Waals surface area contributed by atoms with E-state index in [2.05, 4.69) is 189 Å². The zero-order valence-electron chi connectivity index (χ0n) is 27.6. The fourth-order valence-corrected chi connectivity index (χ4v) is 6.71. The van der Waals surface area contributed by atoms with Crippen LogP contribution in [-0.4, -0.2) is 4.57 Å². The summed E-state index contributed by atoms with van der Waals surface area (Å²) >= 11 is 0. The van der Waals surface area contributed by atoms with E-state index >= 15 is 0 Å². The predicted molar refractivity (Wildman–Crippen MR) is 204 cm³/mol. The van der Waals surface area contributed by atoms with Gasteiger partial charge in [0.15, 0.2) is 0 Å². The van der Waals surface area contributed by atoms with Crippen LogP contribution in [0.2, 0.25) is 0 Å². The third-order valence-electron chi connectivity index (χ3n) is 8.98. The smallest absolute Gasteiger partial charge is 0.0496 e. The Bertz CT molecular complexity index is 2210. The summed E-state index contributed by atoms with van der Waals surface area (Å²) in [6, 6.07) is 52.8. The maximum absolute atomic E-state index is 3.86. The number of nitrogens with zero attached hydrogens (tertiary/aromatic N) is 2. The second-order valence-corrected chi connectivity index (χ2v) is 13.2. The lowest BCUT2D eigenvalue weighted by molar-refractivity contribution is 0.423. The van der Waals surface area contributed by atoms with Crippen molar-refractivity contribution >= 4 is 44.4 Å². The van der Waals surface area contributed by atoms with E-state index in [-0.39, 0.29) is 5.54 Å². The van der Waals surface area contributed by atoms with E-state index in [9.17, 15) is 0 Å². The molecule has 1 aromatic heterocycles. The predicted octanol–water partition coefficient (Wildman–Crippen LogP) is 12.9. The molecule has 0 spiro atoms. The molecule has 0 aliphatic carbocycles. The average molecular weight is 609 g/mol. The van der Waals surface area contributed by atoms with E-state index in [4.69, 9.17) is 0 Å². The SMILES string of the molecule is C=C/C=C(\C)c1ccc(N(c2ccc(-c3ccccc3)cc2)c2ccc(-c3ccc4c(c3)c3ccccc3n4C(C)(C)C)cc2)cc1. The highest BCUT2D eigenvalue weighted by Crippen LogP contribution is 2.39. The van der Waals surface area contributed by atoms with Gasteiger partial charge in [-0.25, -0.2) is 0 Å². The average Bonchev–Trinajstić information content (AvgIpc) is 3.44. The van der Waals surface area contributed by atoms with E-state index in [0.717, 1.165) is 17.1 Å². The Labute approximate surface area is 278 Å². The fourth-order valence-electron chi connectivity index (χ4n) is 6.71. The lowest BCUT2D eigenvalue weighted by Gasteiger charge is -2.26. The van der Waals surface area contributed by atoms with E-state index in [1.807, 2.05) is 12.2 Å². The Morgan fingerprint density at radius 1 is 0.553 bits per heavy atom. The third-order valence-corrected chi connectivity index (χ3v) is 8.98. The summed E-state index contributed by atoms with van der Waals surface area (Å²) in [6.07, 6.45) is 3.89. The summed E-state index contributed by atoms with van der Waals surface area (Å²) in [4.78, 5) is 2.33. The van der Waals surface area contributed by atoms with Crippen LogP contribution >= 0.6 is 0 Å². The molecule has 2 nitrogen and oxygen atoms in total. The summed E-state index contributed by atoms with van der Waals surface area (Å²) in [7, 11) is 0. The Morgan fingerprint density at radius 3 is 1.64 bits per heavy atom. The van der Waals surface area contributed by atoms with Gasteiger partial charge in [0.25, 0.3) is 0 Å². The number of aromatic nitrogens is 1. The minimum absolute atomic E-state index is 0.0217. The van der Waals surface area contributed by atoms with E-state index in [1.165, 1.54) is 55.2 Å². The first kappa shape index (κ1) is 30.1. The molecule has 0 N–H and O–H groups in total. The Balaban J connectivity index is 1.28. The molecule has 47 heavy (non-hydrogen) atoms. The van der Waals surface area contributed by atoms with Crippen molar-refractivity contribution in [1.82, 2.24) is 4.57 Å². The molecule has 0 amide bonds. The van der Waals surface area contributed by atoms with Crippen LogP contribution in [0, 0.1) is 0 Å². The number of hydrogen-bond donors (Lipinski definition) is 0. The third kappa shape index (κ3) is 5.79. The number of para-hydroxylation sites is 1. The van der Waals surface area contributed by atoms with Gasteiger partial charge < -0.3 is 9.47 Å². The van der Waals surface area contributed by atoms with Crippen LogP contribution in [0.25, 0.3) is 49.6 Å². The molecule has 0 saturated carbocycles. The minimum atomic E-state index is -0.0217. The van der Waals surface area contributed by atoms with Crippen LogP contribution in [-0.2, 0) is 5.54 Å². The van der Waals surface area contributed by atoms with Gasteiger partial charge in [-0.05, 0) is 116 Å². The Morgan fingerprint density at radius 2 is 1.04 bits per heavy atom. The van der Waals surface area contributed by atoms with Crippen LogP contribution in [0.15, 0.2) is 164 Å². The van der Waals surface area contributed by atoms with Crippen LogP contribution in [0.4, 0.5) is 17.1 Å². The fraction of sp³-hybridized carbons (Fsp3) is 0.111. The van der Waals surface area contributed by atoms with Gasteiger partial charge in [-0.15, -0.1) is 0 Å². The second-order valence-electron chi connectivity index (χ2n) is 13.2. The molecule has 0 saturated heterocycles. The van der Waals surface area contributed by atoms with E-state index in [1.54, 1.807) is 0 Å². The second kappa shape index (κ2) is 12.3. The van der Waals surface area contributed by atoms with Crippen molar-refractivity contribution in [3.05, 3.63) is 170 Å². The summed E-state index contributed by atoms with van der Waals surface area (Å²) in [5.74, 6) is 0. The van der Waals surface area contributed by atoms with Crippen LogP contribution in [0.5, 0.6) is 0 Å². The number of hydrogen-bond acceptors (Lipinski definition) is 1. The van der Waals surface area contributed by atoms with Gasteiger partial charge >= 0.3 is 0 Å². The quantitative estimate of drug-likeness (QED) is 0.163. The zero-order valence-corrected chi connectivity index (χ0v) is 27.6. The monoisotopic (exact) mass is 608 g/mol. The lowest BCUT2D eigenvalue weighted by atomic mass is 10.0. The summed E-state index contributed by atoms with van der Waals surface area (Å²) in [6.45, 7) is 12.8. The molecule has 0 unspecified atom stereocenters. The molecule has 7 rings (SSSR count). The molecular weight excluding hydrogens is 569 g/mol. The maximum atomic E-state index is 3.86. The largest absolute Gasteiger partial charge is 0.335 e. The van der Waals surface area contributed by atoms with E-state index in [0.29, 0.717) is 0 Å². The molecule has 0 aliphatic rings. The van der Waals surface area contributed by atoms with Crippen molar-refractivity contribution in [3.63, 3.8) is 0 Å². The number of allylic oxidation sites excluding steroid dienone is 3. The summed E-state index contributed by atoms with van der Waals surface area (Å²) in [5, 5.41) is 2.58. The number of anilines is 3. The zero-order chi connectivity index (χ0) is 32.5. The molecule has 0 bridgehead atoms. The molecule has 2 heteroatoms. The first-order valence-electron chi connectivity index (χ1n) is 16.3. The van der Waals surface area contributed by atoms with Crippen molar-refractivity contribution in [2.45, 2.75) is 33.2 Å². The summed E-state index contributed by atoms with van der Waals surface area (Å²) < 4.78 is 2.46. The molecule has 7 aromatic rings. The van der Waals surface area contributed by atoms with E-state index < -0.39 is 0 Å². The molecule has 0 radical (unpaired) electrons. The van der Waals surface area contributed by atoms with Gasteiger partial charge in [-0.2, -0.15) is 0 Å². The molecular formula is C45H40N2. The molecule has 0 atom stereocenters. The molecule has 6 aromatic carbocycles. The van der Waals surface area contributed by atoms with Crippen molar-refractivity contribution in [2.75, 3.05) is 4.90 Å². The highest BCUT2D eigenvalue weighted by Gasteiger charge is 2.21. The van der Waals surface area contributed by atoms with Gasteiger partial charge in [0.05, 0.1) is 0 Å². The highest BCUT2D eigenvalue weighted by molar-refractivity contribution is 6.09. The van der Waals surface area contributed by atoms with Crippen molar-refractivity contribution < 1.29 is 0 Å². The van der Waals surface area contributed by atoms with Crippen LogP contribution < -0.4 is 4.90 Å². The number of benzene rings is 6. The first-order valence-corrected chi connectivity index (χ1v) is 16.3. The van der Waals surface area contributed by atoms with Gasteiger partial charge in [0, 0.05) is 44.4 Å². The maximum Gasteiger partial charge on any atom is 0.0496 e. The van der Waals surface area contributed by atoms with Gasteiger partial charge in [0.2, 0.25) is 0 Å². The minimum Gasteiger partial charge on any atom is -0.335 e. The van der Waals surface area contributed by atoms with Gasteiger partial charge in [0.1, 0.15) is 0 Å². The van der Waals surface area contributed by atoms with Crippen LogP contribution in [0.1, 0.15) is 33.3 Å². The topological polar surface area (TPSA) is 8.17 Å². The van der Waals surface area contributed by atoms with Crippen molar-refractivity contribution in [1.29, 1.82) is 0 Å². The number of fused-ring (bicyclic) bond motifs is 3. The molecule has 0 fully saturated rings. The summed E-state index contributed by atoms with van der Waals surface area (Å²) in [5.41, 5.74) is 13.1.